The zero-order chi connectivity index (χ0) is 13.9. The highest BCUT2D eigenvalue weighted by atomic mass is 16.6. The molecule has 1 saturated heterocycles. The van der Waals surface area contributed by atoms with Crippen molar-refractivity contribution in [2.45, 2.75) is 38.5 Å². The van der Waals surface area contributed by atoms with Gasteiger partial charge in [-0.25, -0.2) is 4.79 Å². The highest BCUT2D eigenvalue weighted by Gasteiger charge is 2.49. The Labute approximate surface area is 119 Å². The zero-order valence-corrected chi connectivity index (χ0v) is 11.8. The molecule has 2 aliphatic carbocycles. The van der Waals surface area contributed by atoms with E-state index in [0.717, 1.165) is 25.7 Å². The first-order chi connectivity index (χ1) is 9.75. The largest absolute Gasteiger partial charge is 0.449 e. The molecule has 108 valence electrons. The smallest absolute Gasteiger partial charge is 0.409 e. The highest BCUT2D eigenvalue weighted by Crippen LogP contribution is 2.52. The van der Waals surface area contributed by atoms with Crippen LogP contribution in [0.2, 0.25) is 0 Å². The molecular weight excluding hydrogens is 254 g/mol. The minimum atomic E-state index is -0.243. The SMILES string of the molecule is O=C1CCN(C(=O)OCC2C3CCC#CCCC32)CC1. The number of carbonyl (C=O) groups is 2. The number of likely N-dealkylation sites (tertiary alicyclic amines) is 1. The number of amides is 1. The van der Waals surface area contributed by atoms with Gasteiger partial charge < -0.3 is 9.64 Å². The van der Waals surface area contributed by atoms with Gasteiger partial charge in [-0.1, -0.05) is 0 Å². The molecule has 20 heavy (non-hydrogen) atoms. The molecule has 0 aromatic heterocycles. The molecule has 1 heterocycles. The van der Waals surface area contributed by atoms with Crippen molar-refractivity contribution in [3.63, 3.8) is 0 Å². The van der Waals surface area contributed by atoms with E-state index in [1.54, 1.807) is 4.90 Å². The van der Waals surface area contributed by atoms with Crippen molar-refractivity contribution in [2.24, 2.45) is 17.8 Å². The van der Waals surface area contributed by atoms with Gasteiger partial charge in [0.2, 0.25) is 0 Å². The minimum Gasteiger partial charge on any atom is -0.449 e. The third kappa shape index (κ3) is 2.98. The fraction of sp³-hybridized carbons (Fsp3) is 0.750. The Morgan fingerprint density at radius 1 is 1.15 bits per heavy atom. The van der Waals surface area contributed by atoms with E-state index in [4.69, 9.17) is 4.74 Å². The average molecular weight is 275 g/mol. The summed E-state index contributed by atoms with van der Waals surface area (Å²) in [5.74, 6) is 8.57. The Morgan fingerprint density at radius 3 is 2.35 bits per heavy atom. The molecule has 0 bridgehead atoms. The summed E-state index contributed by atoms with van der Waals surface area (Å²) in [7, 11) is 0. The number of nitrogens with zero attached hydrogens (tertiary/aromatic N) is 1. The second kappa shape index (κ2) is 5.87. The number of hydrogen-bond acceptors (Lipinski definition) is 3. The van der Waals surface area contributed by atoms with Crippen LogP contribution in [0.25, 0.3) is 0 Å². The predicted octanol–water partition coefficient (Wildman–Crippen LogP) is 2.23. The van der Waals surface area contributed by atoms with E-state index in [0.29, 0.717) is 50.3 Å². The van der Waals surface area contributed by atoms with Crippen molar-refractivity contribution in [2.75, 3.05) is 19.7 Å². The van der Waals surface area contributed by atoms with Crippen LogP contribution in [0.5, 0.6) is 0 Å². The fourth-order valence-corrected chi connectivity index (χ4v) is 3.48. The Hall–Kier alpha value is -1.50. The molecule has 0 radical (unpaired) electrons. The second-order valence-electron chi connectivity index (χ2n) is 6.03. The molecule has 0 aromatic carbocycles. The number of Topliss-reactive ketones (excluding diaryl/α,β-unsaturated/α-hetero) is 1. The van der Waals surface area contributed by atoms with Gasteiger partial charge in [-0.2, -0.15) is 0 Å². The maximum absolute atomic E-state index is 11.9. The van der Waals surface area contributed by atoms with Crippen molar-refractivity contribution in [3.05, 3.63) is 0 Å². The van der Waals surface area contributed by atoms with Gasteiger partial charge >= 0.3 is 6.09 Å². The van der Waals surface area contributed by atoms with Crippen molar-refractivity contribution in [3.8, 4) is 11.8 Å². The van der Waals surface area contributed by atoms with Crippen molar-refractivity contribution >= 4 is 11.9 Å². The van der Waals surface area contributed by atoms with E-state index in [-0.39, 0.29) is 11.9 Å². The summed E-state index contributed by atoms with van der Waals surface area (Å²) in [6.07, 6.45) is 4.98. The maximum atomic E-state index is 11.9. The number of carbonyl (C=O) groups excluding carboxylic acids is 2. The number of hydrogen-bond donors (Lipinski definition) is 0. The monoisotopic (exact) mass is 275 g/mol. The number of fused-ring (bicyclic) bond motifs is 1. The first-order valence-corrected chi connectivity index (χ1v) is 7.65. The van der Waals surface area contributed by atoms with Crippen LogP contribution in [0.3, 0.4) is 0 Å². The summed E-state index contributed by atoms with van der Waals surface area (Å²) in [6, 6.07) is 0. The van der Waals surface area contributed by atoms with Crippen LogP contribution < -0.4 is 0 Å². The standard InChI is InChI=1S/C16H21NO3/c18-12-7-9-17(10-8-12)16(19)20-11-15-13-5-3-1-2-4-6-14(13)15/h13-15H,3-11H2. The van der Waals surface area contributed by atoms with E-state index in [9.17, 15) is 9.59 Å². The summed E-state index contributed by atoms with van der Waals surface area (Å²) in [5.41, 5.74) is 0. The molecule has 0 N–H and O–H groups in total. The van der Waals surface area contributed by atoms with Crippen LogP contribution in [0.15, 0.2) is 0 Å². The first-order valence-electron chi connectivity index (χ1n) is 7.65. The first kappa shape index (κ1) is 13.5. The molecule has 2 unspecified atom stereocenters. The predicted molar refractivity (Wildman–Crippen MR) is 73.9 cm³/mol. The van der Waals surface area contributed by atoms with Gasteiger partial charge in [0.05, 0.1) is 6.61 Å². The van der Waals surface area contributed by atoms with Crippen molar-refractivity contribution < 1.29 is 14.3 Å². The molecule has 2 fully saturated rings. The molecule has 1 aliphatic heterocycles. The van der Waals surface area contributed by atoms with E-state index >= 15 is 0 Å². The van der Waals surface area contributed by atoms with Crippen LogP contribution in [-0.2, 0) is 9.53 Å². The van der Waals surface area contributed by atoms with Gasteiger partial charge in [0.25, 0.3) is 0 Å². The van der Waals surface area contributed by atoms with E-state index in [1.165, 1.54) is 0 Å². The molecule has 0 spiro atoms. The number of rotatable bonds is 2. The average Bonchev–Trinajstić information content (AvgIpc) is 3.06. The second-order valence-corrected chi connectivity index (χ2v) is 6.03. The van der Waals surface area contributed by atoms with Gasteiger partial charge in [-0.3, -0.25) is 4.79 Å². The van der Waals surface area contributed by atoms with Crippen LogP contribution in [0.4, 0.5) is 4.79 Å². The van der Waals surface area contributed by atoms with Crippen LogP contribution >= 0.6 is 0 Å². The lowest BCUT2D eigenvalue weighted by atomic mass is 10.1. The van der Waals surface area contributed by atoms with Gasteiger partial charge in [-0.05, 0) is 30.6 Å². The van der Waals surface area contributed by atoms with Crippen molar-refractivity contribution in [1.29, 1.82) is 0 Å². The molecule has 3 aliphatic rings. The normalized spacial score (nSPS) is 32.3. The van der Waals surface area contributed by atoms with E-state index in [1.807, 2.05) is 0 Å². The van der Waals surface area contributed by atoms with Crippen LogP contribution in [-0.4, -0.2) is 36.5 Å². The number of piperidine rings is 1. The summed E-state index contributed by atoms with van der Waals surface area (Å²) in [5, 5.41) is 0. The molecule has 1 saturated carbocycles. The Morgan fingerprint density at radius 2 is 1.75 bits per heavy atom. The van der Waals surface area contributed by atoms with Gasteiger partial charge in [-0.15, -0.1) is 11.8 Å². The zero-order valence-electron chi connectivity index (χ0n) is 11.8. The molecule has 4 heteroatoms. The van der Waals surface area contributed by atoms with Crippen LogP contribution in [0.1, 0.15) is 38.5 Å². The molecule has 3 rings (SSSR count). The molecule has 4 nitrogen and oxygen atoms in total. The van der Waals surface area contributed by atoms with E-state index < -0.39 is 0 Å². The van der Waals surface area contributed by atoms with Crippen molar-refractivity contribution in [1.82, 2.24) is 4.90 Å². The highest BCUT2D eigenvalue weighted by molar-refractivity contribution is 5.81. The Kier molecular flexibility index (Phi) is 3.95. The van der Waals surface area contributed by atoms with Gasteiger partial charge in [0.15, 0.2) is 0 Å². The molecule has 1 amide bonds. The van der Waals surface area contributed by atoms with Gasteiger partial charge in [0, 0.05) is 38.8 Å². The number of ether oxygens (including phenoxy) is 1. The molecule has 0 aromatic rings. The maximum Gasteiger partial charge on any atom is 0.409 e. The molecular formula is C16H21NO3. The van der Waals surface area contributed by atoms with E-state index in [2.05, 4.69) is 11.8 Å². The Balaban J connectivity index is 1.42. The summed E-state index contributed by atoms with van der Waals surface area (Å²) >= 11 is 0. The topological polar surface area (TPSA) is 46.6 Å². The Bertz CT molecular complexity index is 434. The lowest BCUT2D eigenvalue weighted by Crippen LogP contribution is -2.39. The summed E-state index contributed by atoms with van der Waals surface area (Å²) in [6.45, 7) is 1.57. The summed E-state index contributed by atoms with van der Waals surface area (Å²) < 4.78 is 5.45. The fourth-order valence-electron chi connectivity index (χ4n) is 3.48. The third-order valence-electron chi connectivity index (χ3n) is 4.82. The summed E-state index contributed by atoms with van der Waals surface area (Å²) in [4.78, 5) is 24.8. The lowest BCUT2D eigenvalue weighted by molar-refractivity contribution is -0.121. The third-order valence-corrected chi connectivity index (χ3v) is 4.82. The van der Waals surface area contributed by atoms with Crippen LogP contribution in [0, 0.1) is 29.6 Å². The number of ketones is 1. The minimum absolute atomic E-state index is 0.243. The quantitative estimate of drug-likeness (QED) is 0.726. The van der Waals surface area contributed by atoms with Gasteiger partial charge in [0.1, 0.15) is 5.78 Å². The molecule has 2 atom stereocenters. The lowest BCUT2D eigenvalue weighted by Gasteiger charge is -2.25.